The number of hydrogen-bond donors (Lipinski definition) is 0. The number of anilines is 1. The smallest absolute Gasteiger partial charge is 0.284 e. The first-order chi connectivity index (χ1) is 17.0. The van der Waals surface area contributed by atoms with Crippen molar-refractivity contribution in [2.45, 2.75) is 57.3 Å². The number of benzene rings is 2. The molecule has 0 saturated heterocycles. The van der Waals surface area contributed by atoms with Crippen molar-refractivity contribution in [3.63, 3.8) is 0 Å². The second-order valence-electron chi connectivity index (χ2n) is 9.04. The molecule has 3 aliphatic heterocycles. The summed E-state index contributed by atoms with van der Waals surface area (Å²) >= 11 is 1.43. The van der Waals surface area contributed by atoms with Crippen LogP contribution in [0.2, 0.25) is 0 Å². The largest absolute Gasteiger partial charge is 0.324 e. The molecule has 0 spiro atoms. The van der Waals surface area contributed by atoms with Gasteiger partial charge >= 0.3 is 0 Å². The van der Waals surface area contributed by atoms with Crippen molar-refractivity contribution in [1.29, 1.82) is 0 Å². The van der Waals surface area contributed by atoms with Crippen LogP contribution in [0.15, 0.2) is 70.6 Å². The summed E-state index contributed by atoms with van der Waals surface area (Å²) in [5, 5.41) is 5.34. The highest BCUT2D eigenvalue weighted by atomic mass is 32.2. The van der Waals surface area contributed by atoms with E-state index in [9.17, 15) is 9.59 Å². The summed E-state index contributed by atoms with van der Waals surface area (Å²) < 4.78 is 3.59. The third kappa shape index (κ3) is 4.62. The number of para-hydroxylation sites is 2. The normalized spacial score (nSPS) is 13.6. The number of nitrogens with zero attached hydrogens (tertiary/aromatic N) is 5. The molecule has 0 aliphatic carbocycles. The molecule has 0 aromatic heterocycles. The lowest BCUT2D eigenvalue weighted by Crippen LogP contribution is -2.38. The molecule has 8 heteroatoms. The summed E-state index contributed by atoms with van der Waals surface area (Å²) in [6.07, 6.45) is 3.95. The standard InChI is InChI=1S/C27H29N5O2S/c1-19(2)31(20-12-6-3-7-13-20)23(33)18-35-27-28-25-24(22-16-10-5-11-17-30(22)27)26(34)32(29-25)21-14-8-4-9-15-21/h3-4,6-9,12-15,19H,5,10-11,16-18H2,1-2H3. The van der Waals surface area contributed by atoms with E-state index in [2.05, 4.69) is 9.67 Å². The van der Waals surface area contributed by atoms with E-state index in [1.807, 2.05) is 79.4 Å². The van der Waals surface area contributed by atoms with Crippen LogP contribution in [-0.4, -0.2) is 37.0 Å². The van der Waals surface area contributed by atoms with Gasteiger partial charge in [-0.1, -0.05) is 54.6 Å². The average molecular weight is 488 g/mol. The summed E-state index contributed by atoms with van der Waals surface area (Å²) in [4.78, 5) is 33.3. The van der Waals surface area contributed by atoms with Crippen LogP contribution in [0, 0.1) is 0 Å². The Hall–Kier alpha value is -3.39. The van der Waals surface area contributed by atoms with Gasteiger partial charge in [-0.25, -0.2) is 4.98 Å². The average Bonchev–Trinajstić information content (AvgIpc) is 3.03. The molecule has 2 aromatic carbocycles. The zero-order chi connectivity index (χ0) is 24.4. The number of fused-ring (bicyclic) bond motifs is 3. The van der Waals surface area contributed by atoms with E-state index >= 15 is 0 Å². The Balaban J connectivity index is 1.52. The second kappa shape index (κ2) is 10.1. The van der Waals surface area contributed by atoms with Crippen molar-refractivity contribution in [3.8, 4) is 17.1 Å². The number of rotatable bonds is 6. The highest BCUT2D eigenvalue weighted by Gasteiger charge is 2.28. The van der Waals surface area contributed by atoms with Crippen LogP contribution in [0.4, 0.5) is 5.69 Å². The molecular formula is C27H29N5O2S. The van der Waals surface area contributed by atoms with Crippen LogP contribution in [-0.2, 0) is 17.8 Å². The van der Waals surface area contributed by atoms with E-state index < -0.39 is 0 Å². The van der Waals surface area contributed by atoms with E-state index in [0.29, 0.717) is 11.4 Å². The molecule has 0 fully saturated rings. The number of carbonyl (C=O) groups excluding carboxylic acids is 1. The molecule has 0 bridgehead atoms. The van der Waals surface area contributed by atoms with Crippen molar-refractivity contribution in [3.05, 3.63) is 76.7 Å². The molecule has 5 rings (SSSR count). The maximum absolute atomic E-state index is 13.4. The molecule has 3 aliphatic rings. The minimum atomic E-state index is -0.132. The molecular weight excluding hydrogens is 458 g/mol. The quantitative estimate of drug-likeness (QED) is 0.289. The van der Waals surface area contributed by atoms with E-state index in [-0.39, 0.29) is 23.3 Å². The van der Waals surface area contributed by atoms with Gasteiger partial charge in [-0.05, 0) is 57.4 Å². The van der Waals surface area contributed by atoms with Gasteiger partial charge in [0, 0.05) is 24.0 Å². The molecule has 3 heterocycles. The lowest BCUT2D eigenvalue weighted by Gasteiger charge is -2.27. The Morgan fingerprint density at radius 2 is 1.74 bits per heavy atom. The number of amides is 1. The summed E-state index contributed by atoms with van der Waals surface area (Å²) in [7, 11) is 0. The Morgan fingerprint density at radius 1 is 1.03 bits per heavy atom. The molecule has 35 heavy (non-hydrogen) atoms. The van der Waals surface area contributed by atoms with Crippen molar-refractivity contribution in [1.82, 2.24) is 19.3 Å². The highest BCUT2D eigenvalue weighted by molar-refractivity contribution is 7.99. The highest BCUT2D eigenvalue weighted by Crippen LogP contribution is 2.31. The van der Waals surface area contributed by atoms with Gasteiger partial charge in [0.1, 0.15) is 5.56 Å². The summed E-state index contributed by atoms with van der Waals surface area (Å²) in [6.45, 7) is 4.83. The van der Waals surface area contributed by atoms with E-state index in [1.165, 1.54) is 16.4 Å². The van der Waals surface area contributed by atoms with Crippen molar-refractivity contribution in [2.24, 2.45) is 0 Å². The van der Waals surface area contributed by atoms with Gasteiger partial charge in [-0.2, -0.15) is 4.68 Å². The summed E-state index contributed by atoms with van der Waals surface area (Å²) in [5.74, 6) is 0.736. The van der Waals surface area contributed by atoms with Gasteiger partial charge in [-0.15, -0.1) is 5.10 Å². The molecule has 7 nitrogen and oxygen atoms in total. The Kier molecular flexibility index (Phi) is 6.72. The van der Waals surface area contributed by atoms with Crippen molar-refractivity contribution < 1.29 is 4.79 Å². The molecule has 2 aromatic rings. The van der Waals surface area contributed by atoms with Crippen LogP contribution in [0.3, 0.4) is 0 Å². The predicted molar refractivity (Wildman–Crippen MR) is 140 cm³/mol. The van der Waals surface area contributed by atoms with E-state index in [1.54, 1.807) is 0 Å². The van der Waals surface area contributed by atoms with Gasteiger partial charge < -0.3 is 9.47 Å². The Morgan fingerprint density at radius 3 is 2.46 bits per heavy atom. The van der Waals surface area contributed by atoms with Gasteiger partial charge in [0.25, 0.3) is 5.56 Å². The molecule has 0 radical (unpaired) electrons. The first kappa shape index (κ1) is 23.4. The fourth-order valence-corrected chi connectivity index (χ4v) is 5.62. The predicted octanol–water partition coefficient (Wildman–Crippen LogP) is 4.79. The number of thioether (sulfide) groups is 1. The van der Waals surface area contributed by atoms with Crippen molar-refractivity contribution >= 4 is 23.4 Å². The van der Waals surface area contributed by atoms with Crippen molar-refractivity contribution in [2.75, 3.05) is 10.7 Å². The Bertz CT molecular complexity index is 1350. The maximum Gasteiger partial charge on any atom is 0.284 e. The van der Waals surface area contributed by atoms with Gasteiger partial charge in [0.15, 0.2) is 11.0 Å². The minimum absolute atomic E-state index is 0.0281. The first-order valence-electron chi connectivity index (χ1n) is 12.1. The summed E-state index contributed by atoms with van der Waals surface area (Å²) in [5.41, 5.74) is 3.06. The topological polar surface area (TPSA) is 73.0 Å². The first-order valence-corrected chi connectivity index (χ1v) is 13.1. The number of aromatic nitrogens is 4. The Labute approximate surface area is 209 Å². The van der Waals surface area contributed by atoms with Crippen LogP contribution in [0.25, 0.3) is 17.1 Å². The minimum Gasteiger partial charge on any atom is -0.324 e. The van der Waals surface area contributed by atoms with Gasteiger partial charge in [-0.3, -0.25) is 9.59 Å². The molecule has 1 amide bonds. The molecule has 0 unspecified atom stereocenters. The van der Waals surface area contributed by atoms with Crippen LogP contribution in [0.1, 0.15) is 38.8 Å². The third-order valence-corrected chi connectivity index (χ3v) is 7.27. The van der Waals surface area contributed by atoms with Crippen LogP contribution >= 0.6 is 11.8 Å². The number of hydrogen-bond acceptors (Lipinski definition) is 5. The van der Waals surface area contributed by atoms with Gasteiger partial charge in [0.2, 0.25) is 5.91 Å². The van der Waals surface area contributed by atoms with Crippen LogP contribution in [0.5, 0.6) is 0 Å². The SMILES string of the molecule is CC(C)N(C(=O)CSc1nc2nn(-c3ccccc3)c(=O)c-2c2n1CCCCC2)c1ccccc1. The molecule has 180 valence electrons. The van der Waals surface area contributed by atoms with Crippen LogP contribution < -0.4 is 10.5 Å². The van der Waals surface area contributed by atoms with Gasteiger partial charge in [0.05, 0.1) is 11.4 Å². The fraction of sp³-hybridized carbons (Fsp3) is 0.333. The second-order valence-corrected chi connectivity index (χ2v) is 9.98. The molecule has 0 atom stereocenters. The van der Waals surface area contributed by atoms with E-state index in [4.69, 9.17) is 4.98 Å². The third-order valence-electron chi connectivity index (χ3n) is 6.31. The zero-order valence-electron chi connectivity index (χ0n) is 20.1. The lowest BCUT2D eigenvalue weighted by molar-refractivity contribution is -0.116. The lowest BCUT2D eigenvalue weighted by atomic mass is 10.1. The summed E-state index contributed by atoms with van der Waals surface area (Å²) in [6, 6.07) is 19.2. The zero-order valence-corrected chi connectivity index (χ0v) is 20.9. The molecule has 0 N–H and O–H groups in total. The monoisotopic (exact) mass is 487 g/mol. The number of carbonyl (C=O) groups is 1. The van der Waals surface area contributed by atoms with E-state index in [0.717, 1.165) is 54.5 Å². The fourth-order valence-electron chi connectivity index (χ4n) is 4.72. The molecule has 0 saturated carbocycles. The maximum atomic E-state index is 13.4.